The minimum atomic E-state index is 0.714. The Morgan fingerprint density at radius 3 is 2.35 bits per heavy atom. The van der Waals surface area contributed by atoms with Crippen molar-refractivity contribution in [1.29, 1.82) is 0 Å². The number of benzene rings is 1. The van der Waals surface area contributed by atoms with Gasteiger partial charge in [0.05, 0.1) is 6.61 Å². The van der Waals surface area contributed by atoms with Crippen molar-refractivity contribution in [1.82, 2.24) is 0 Å². The molecule has 0 N–H and O–H groups in total. The van der Waals surface area contributed by atoms with Gasteiger partial charge in [0.2, 0.25) is 0 Å². The molecule has 1 fully saturated rings. The molecule has 0 atom stereocenters. The Balaban J connectivity index is 1.83. The Morgan fingerprint density at radius 2 is 1.75 bits per heavy atom. The average molecular weight is 270 g/mol. The number of allylic oxidation sites excluding steroid dienone is 2. The highest BCUT2D eigenvalue weighted by molar-refractivity contribution is 5.49. The molecular formula is C19H26O. The van der Waals surface area contributed by atoms with Gasteiger partial charge in [0, 0.05) is 6.61 Å². The van der Waals surface area contributed by atoms with Crippen LogP contribution in [0.25, 0.3) is 6.08 Å². The number of rotatable bonds is 6. The van der Waals surface area contributed by atoms with E-state index in [1.807, 2.05) is 6.92 Å². The van der Waals surface area contributed by atoms with Crippen LogP contribution in [0.3, 0.4) is 0 Å². The van der Waals surface area contributed by atoms with E-state index in [9.17, 15) is 0 Å². The topological polar surface area (TPSA) is 9.23 Å². The molecule has 1 aromatic carbocycles. The Hall–Kier alpha value is -1.34. The predicted octanol–water partition coefficient (Wildman–Crippen LogP) is 5.23. The Bertz CT molecular complexity index is 422. The van der Waals surface area contributed by atoms with Gasteiger partial charge in [0.25, 0.3) is 0 Å². The van der Waals surface area contributed by atoms with Gasteiger partial charge in [0.1, 0.15) is 0 Å². The lowest BCUT2D eigenvalue weighted by Crippen LogP contribution is -2.10. The van der Waals surface area contributed by atoms with Crippen LogP contribution in [-0.2, 0) is 11.3 Å². The summed E-state index contributed by atoms with van der Waals surface area (Å²) in [5.74, 6) is 1.49. The van der Waals surface area contributed by atoms with E-state index in [1.54, 1.807) is 0 Å². The van der Waals surface area contributed by atoms with Crippen molar-refractivity contribution in [2.24, 2.45) is 11.8 Å². The summed E-state index contributed by atoms with van der Waals surface area (Å²) in [6, 6.07) is 8.67. The highest BCUT2D eigenvalue weighted by Gasteiger charge is 2.16. The van der Waals surface area contributed by atoms with Gasteiger partial charge in [-0.3, -0.25) is 0 Å². The van der Waals surface area contributed by atoms with E-state index in [1.165, 1.54) is 36.8 Å². The van der Waals surface area contributed by atoms with Gasteiger partial charge in [-0.1, -0.05) is 42.5 Å². The molecule has 2 rings (SSSR count). The van der Waals surface area contributed by atoms with Crippen LogP contribution in [0.15, 0.2) is 43.0 Å². The molecule has 0 aromatic heterocycles. The van der Waals surface area contributed by atoms with Gasteiger partial charge in [-0.15, -0.1) is 6.58 Å². The molecule has 1 nitrogen and oxygen atoms in total. The van der Waals surface area contributed by atoms with Crippen LogP contribution >= 0.6 is 0 Å². The van der Waals surface area contributed by atoms with E-state index in [4.69, 9.17) is 4.74 Å². The summed E-state index contributed by atoms with van der Waals surface area (Å²) < 4.78 is 5.41. The smallest absolute Gasteiger partial charge is 0.0716 e. The van der Waals surface area contributed by atoms with Crippen molar-refractivity contribution in [3.8, 4) is 0 Å². The van der Waals surface area contributed by atoms with Gasteiger partial charge in [-0.05, 0) is 55.6 Å². The zero-order valence-electron chi connectivity index (χ0n) is 12.6. The maximum Gasteiger partial charge on any atom is 0.0716 e. The van der Waals surface area contributed by atoms with E-state index in [2.05, 4.69) is 49.1 Å². The molecule has 0 unspecified atom stereocenters. The third-order valence-electron chi connectivity index (χ3n) is 4.16. The van der Waals surface area contributed by atoms with E-state index in [-0.39, 0.29) is 0 Å². The van der Waals surface area contributed by atoms with Gasteiger partial charge in [-0.2, -0.15) is 0 Å². The van der Waals surface area contributed by atoms with Gasteiger partial charge in [-0.25, -0.2) is 0 Å². The minimum absolute atomic E-state index is 0.714. The zero-order valence-corrected chi connectivity index (χ0v) is 12.6. The molecule has 1 aromatic rings. The van der Waals surface area contributed by atoms with Crippen LogP contribution in [0, 0.1) is 11.8 Å². The molecule has 108 valence electrons. The Kier molecular flexibility index (Phi) is 6.07. The quantitative estimate of drug-likeness (QED) is 0.643. The van der Waals surface area contributed by atoms with Crippen LogP contribution in [0.5, 0.6) is 0 Å². The first-order valence-corrected chi connectivity index (χ1v) is 7.79. The van der Waals surface area contributed by atoms with Crippen LogP contribution in [0.4, 0.5) is 0 Å². The van der Waals surface area contributed by atoms with E-state index in [0.29, 0.717) is 6.61 Å². The second kappa shape index (κ2) is 8.06. The Morgan fingerprint density at radius 1 is 1.10 bits per heavy atom. The van der Waals surface area contributed by atoms with Crippen molar-refractivity contribution in [3.63, 3.8) is 0 Å². The molecule has 0 aliphatic heterocycles. The van der Waals surface area contributed by atoms with E-state index >= 15 is 0 Å². The number of hydrogen-bond donors (Lipinski definition) is 0. The average Bonchev–Trinajstić information content (AvgIpc) is 2.52. The summed E-state index contributed by atoms with van der Waals surface area (Å²) in [6.07, 6.45) is 12.0. The van der Waals surface area contributed by atoms with Crippen molar-refractivity contribution >= 4 is 6.08 Å². The first kappa shape index (κ1) is 15.1. The second-order valence-electron chi connectivity index (χ2n) is 5.65. The molecule has 1 saturated carbocycles. The molecule has 0 heterocycles. The van der Waals surface area contributed by atoms with Crippen molar-refractivity contribution in [2.75, 3.05) is 6.61 Å². The summed E-state index contributed by atoms with van der Waals surface area (Å²) in [7, 11) is 0. The lowest BCUT2D eigenvalue weighted by atomic mass is 9.82. The zero-order chi connectivity index (χ0) is 14.2. The SMILES string of the molecule is C=C[C@H]1CC[C@H](/C=C/c2ccc(COCC)cc2)CC1. The fourth-order valence-electron chi connectivity index (χ4n) is 2.77. The molecule has 0 bridgehead atoms. The van der Waals surface area contributed by atoms with Crippen molar-refractivity contribution < 1.29 is 4.74 Å². The first-order valence-electron chi connectivity index (χ1n) is 7.79. The minimum Gasteiger partial charge on any atom is -0.377 e. The summed E-state index contributed by atoms with van der Waals surface area (Å²) in [5, 5.41) is 0. The molecule has 1 aliphatic rings. The van der Waals surface area contributed by atoms with Gasteiger partial charge in [0.15, 0.2) is 0 Å². The lowest BCUT2D eigenvalue weighted by molar-refractivity contribution is 0.134. The van der Waals surface area contributed by atoms with Crippen molar-refractivity contribution in [3.05, 3.63) is 54.1 Å². The third kappa shape index (κ3) is 4.64. The molecule has 1 heteroatoms. The fraction of sp³-hybridized carbons (Fsp3) is 0.474. The molecular weight excluding hydrogens is 244 g/mol. The van der Waals surface area contributed by atoms with Gasteiger partial charge < -0.3 is 4.74 Å². The summed E-state index contributed by atoms with van der Waals surface area (Å²) >= 11 is 0. The molecule has 0 amide bonds. The summed E-state index contributed by atoms with van der Waals surface area (Å²) in [6.45, 7) is 7.42. The lowest BCUT2D eigenvalue weighted by Gasteiger charge is -2.24. The van der Waals surface area contributed by atoms with E-state index in [0.717, 1.165) is 18.4 Å². The van der Waals surface area contributed by atoms with Crippen molar-refractivity contribution in [2.45, 2.75) is 39.2 Å². The van der Waals surface area contributed by atoms with Gasteiger partial charge >= 0.3 is 0 Å². The first-order chi connectivity index (χ1) is 9.81. The highest BCUT2D eigenvalue weighted by Crippen LogP contribution is 2.30. The molecule has 0 radical (unpaired) electrons. The van der Waals surface area contributed by atoms with Crippen LogP contribution in [0.2, 0.25) is 0 Å². The van der Waals surface area contributed by atoms with E-state index < -0.39 is 0 Å². The largest absolute Gasteiger partial charge is 0.377 e. The number of hydrogen-bond acceptors (Lipinski definition) is 1. The number of ether oxygens (including phenoxy) is 1. The van der Waals surface area contributed by atoms with Crippen LogP contribution in [-0.4, -0.2) is 6.61 Å². The van der Waals surface area contributed by atoms with Crippen LogP contribution < -0.4 is 0 Å². The monoisotopic (exact) mass is 270 g/mol. The third-order valence-corrected chi connectivity index (χ3v) is 4.16. The molecule has 0 saturated heterocycles. The maximum atomic E-state index is 5.41. The molecule has 1 aliphatic carbocycles. The molecule has 20 heavy (non-hydrogen) atoms. The predicted molar refractivity (Wildman–Crippen MR) is 86.5 cm³/mol. The molecule has 0 spiro atoms. The van der Waals surface area contributed by atoms with Crippen LogP contribution in [0.1, 0.15) is 43.7 Å². The summed E-state index contributed by atoms with van der Waals surface area (Å²) in [5.41, 5.74) is 2.53. The maximum absolute atomic E-state index is 5.41. The fourth-order valence-corrected chi connectivity index (χ4v) is 2.77. The summed E-state index contributed by atoms with van der Waals surface area (Å²) in [4.78, 5) is 0. The Labute approximate surface area is 123 Å². The standard InChI is InChI=1S/C19H26O/c1-3-16-5-7-17(8-6-16)9-10-18-11-13-19(14-12-18)15-20-4-2/h3,9-14,16-17H,1,4-8,15H2,2H3/b10-9+/t16-,17-. The second-order valence-corrected chi connectivity index (χ2v) is 5.65. The normalized spacial score (nSPS) is 23.1. The highest BCUT2D eigenvalue weighted by atomic mass is 16.5.